The van der Waals surface area contributed by atoms with E-state index < -0.39 is 5.97 Å². The van der Waals surface area contributed by atoms with Crippen molar-refractivity contribution < 1.29 is 9.90 Å². The Morgan fingerprint density at radius 1 is 1.73 bits per heavy atom. The molecule has 1 aromatic heterocycles. The molecule has 0 saturated heterocycles. The molecule has 0 aliphatic carbocycles. The van der Waals surface area contributed by atoms with Crippen molar-refractivity contribution in [3.8, 4) is 0 Å². The van der Waals surface area contributed by atoms with Crippen LogP contribution in [0.5, 0.6) is 0 Å². The lowest BCUT2D eigenvalue weighted by Crippen LogP contribution is -2.04. The minimum absolute atomic E-state index is 0.00986. The monoisotopic (exact) mass is 153 g/mol. The zero-order valence-corrected chi connectivity index (χ0v) is 5.90. The smallest absolute Gasteiger partial charge is 0.354 e. The van der Waals surface area contributed by atoms with E-state index in [9.17, 15) is 4.79 Å². The van der Waals surface area contributed by atoms with Crippen LogP contribution in [-0.2, 0) is 0 Å². The second-order valence-electron chi connectivity index (χ2n) is 1.82. The molecule has 0 amide bonds. The zero-order valence-electron chi connectivity index (χ0n) is 5.90. The van der Waals surface area contributed by atoms with Gasteiger partial charge in [0.25, 0.3) is 0 Å². The molecule has 0 atom stereocenters. The van der Waals surface area contributed by atoms with Crippen LogP contribution in [0.3, 0.4) is 0 Å². The summed E-state index contributed by atoms with van der Waals surface area (Å²) in [5.74, 6) is -0.742. The Bertz CT molecular complexity index is 274. The lowest BCUT2D eigenvalue weighted by atomic mass is 10.4. The third-order valence-corrected chi connectivity index (χ3v) is 1.10. The van der Waals surface area contributed by atoms with E-state index in [1.807, 2.05) is 0 Å². The SMILES string of the molecule is CNc1nccc(C(=O)O)n1. The molecule has 0 saturated carbocycles. The maximum Gasteiger partial charge on any atom is 0.354 e. The molecule has 11 heavy (non-hydrogen) atoms. The summed E-state index contributed by atoms with van der Waals surface area (Å²) in [7, 11) is 1.63. The van der Waals surface area contributed by atoms with Crippen LogP contribution in [0, 0.1) is 0 Å². The molecule has 0 spiro atoms. The molecule has 0 bridgehead atoms. The Morgan fingerprint density at radius 2 is 2.45 bits per heavy atom. The summed E-state index contributed by atoms with van der Waals surface area (Å²) in [6.07, 6.45) is 1.39. The quantitative estimate of drug-likeness (QED) is 0.635. The van der Waals surface area contributed by atoms with Gasteiger partial charge in [-0.15, -0.1) is 0 Å². The molecule has 1 rings (SSSR count). The van der Waals surface area contributed by atoms with Gasteiger partial charge in [0.15, 0.2) is 5.69 Å². The number of nitrogens with zero attached hydrogens (tertiary/aromatic N) is 2. The molecule has 0 aliphatic rings. The van der Waals surface area contributed by atoms with Crippen molar-refractivity contribution in [1.82, 2.24) is 9.97 Å². The summed E-state index contributed by atoms with van der Waals surface area (Å²) in [6.45, 7) is 0. The maximum atomic E-state index is 10.4. The van der Waals surface area contributed by atoms with E-state index >= 15 is 0 Å². The molecule has 1 heterocycles. The largest absolute Gasteiger partial charge is 0.477 e. The number of rotatable bonds is 2. The van der Waals surface area contributed by atoms with E-state index in [0.29, 0.717) is 5.95 Å². The molecule has 0 unspecified atom stereocenters. The molecule has 0 aliphatic heterocycles. The van der Waals surface area contributed by atoms with Gasteiger partial charge in [0.1, 0.15) is 0 Å². The number of nitrogens with one attached hydrogen (secondary N) is 1. The van der Waals surface area contributed by atoms with Crippen molar-refractivity contribution in [2.45, 2.75) is 0 Å². The highest BCUT2D eigenvalue weighted by Gasteiger charge is 2.03. The second kappa shape index (κ2) is 2.96. The number of carboxylic acids is 1. The molecular weight excluding hydrogens is 146 g/mol. The van der Waals surface area contributed by atoms with Crippen molar-refractivity contribution in [3.05, 3.63) is 18.0 Å². The van der Waals surface area contributed by atoms with Gasteiger partial charge in [0.2, 0.25) is 5.95 Å². The summed E-state index contributed by atoms with van der Waals surface area (Å²) in [6, 6.07) is 1.34. The highest BCUT2D eigenvalue weighted by atomic mass is 16.4. The third kappa shape index (κ3) is 1.64. The number of hydrogen-bond donors (Lipinski definition) is 2. The first-order valence-electron chi connectivity index (χ1n) is 2.98. The summed E-state index contributed by atoms with van der Waals surface area (Å²) in [4.78, 5) is 17.8. The van der Waals surface area contributed by atoms with E-state index in [1.165, 1.54) is 12.3 Å². The molecule has 5 heteroatoms. The third-order valence-electron chi connectivity index (χ3n) is 1.10. The Morgan fingerprint density at radius 3 is 3.00 bits per heavy atom. The summed E-state index contributed by atoms with van der Waals surface area (Å²) in [5, 5.41) is 11.1. The van der Waals surface area contributed by atoms with Gasteiger partial charge in [-0.3, -0.25) is 0 Å². The van der Waals surface area contributed by atoms with Crippen LogP contribution >= 0.6 is 0 Å². The van der Waals surface area contributed by atoms with E-state index in [-0.39, 0.29) is 5.69 Å². The number of hydrogen-bond acceptors (Lipinski definition) is 4. The fourth-order valence-electron chi connectivity index (χ4n) is 0.598. The predicted molar refractivity (Wildman–Crippen MR) is 38.5 cm³/mol. The van der Waals surface area contributed by atoms with Gasteiger partial charge in [-0.1, -0.05) is 0 Å². The molecule has 0 radical (unpaired) electrons. The number of aromatic nitrogens is 2. The predicted octanol–water partition coefficient (Wildman–Crippen LogP) is 0.216. The first kappa shape index (κ1) is 7.46. The van der Waals surface area contributed by atoms with Gasteiger partial charge in [0.05, 0.1) is 0 Å². The second-order valence-corrected chi connectivity index (χ2v) is 1.82. The van der Waals surface area contributed by atoms with E-state index in [2.05, 4.69) is 15.3 Å². The average Bonchev–Trinajstić information content (AvgIpc) is 2.05. The summed E-state index contributed by atoms with van der Waals surface area (Å²) < 4.78 is 0. The topological polar surface area (TPSA) is 75.1 Å². The van der Waals surface area contributed by atoms with Crippen LogP contribution in [0.1, 0.15) is 10.5 Å². The lowest BCUT2D eigenvalue weighted by molar-refractivity contribution is 0.0690. The van der Waals surface area contributed by atoms with E-state index in [1.54, 1.807) is 7.05 Å². The van der Waals surface area contributed by atoms with Gasteiger partial charge >= 0.3 is 5.97 Å². The van der Waals surface area contributed by atoms with Gasteiger partial charge in [0, 0.05) is 13.2 Å². The van der Waals surface area contributed by atoms with Crippen LogP contribution in [0.4, 0.5) is 5.95 Å². The Kier molecular flexibility index (Phi) is 2.00. The minimum atomic E-state index is -1.05. The Balaban J connectivity index is 3.01. The fourth-order valence-corrected chi connectivity index (χ4v) is 0.598. The molecule has 1 aromatic rings. The van der Waals surface area contributed by atoms with Gasteiger partial charge in [-0.2, -0.15) is 0 Å². The van der Waals surface area contributed by atoms with Crippen molar-refractivity contribution in [2.24, 2.45) is 0 Å². The average molecular weight is 153 g/mol. The van der Waals surface area contributed by atoms with Crippen molar-refractivity contribution in [1.29, 1.82) is 0 Å². The molecule has 0 fully saturated rings. The van der Waals surface area contributed by atoms with Crippen LogP contribution < -0.4 is 5.32 Å². The Hall–Kier alpha value is -1.65. The summed E-state index contributed by atoms with van der Waals surface area (Å²) >= 11 is 0. The molecule has 5 nitrogen and oxygen atoms in total. The van der Waals surface area contributed by atoms with Crippen molar-refractivity contribution >= 4 is 11.9 Å². The first-order valence-corrected chi connectivity index (χ1v) is 2.98. The minimum Gasteiger partial charge on any atom is -0.477 e. The van der Waals surface area contributed by atoms with E-state index in [0.717, 1.165) is 0 Å². The van der Waals surface area contributed by atoms with Crippen molar-refractivity contribution in [2.75, 3.05) is 12.4 Å². The standard InChI is InChI=1S/C6H7N3O2/c1-7-6-8-3-2-4(9-6)5(10)11/h2-3H,1H3,(H,10,11)(H,7,8,9). The normalized spacial score (nSPS) is 9.18. The highest BCUT2D eigenvalue weighted by molar-refractivity contribution is 5.85. The van der Waals surface area contributed by atoms with E-state index in [4.69, 9.17) is 5.11 Å². The highest BCUT2D eigenvalue weighted by Crippen LogP contribution is 1.98. The molecule has 58 valence electrons. The lowest BCUT2D eigenvalue weighted by Gasteiger charge is -1.96. The van der Waals surface area contributed by atoms with Gasteiger partial charge in [-0.05, 0) is 6.07 Å². The molecule has 2 N–H and O–H groups in total. The maximum absolute atomic E-state index is 10.4. The van der Waals surface area contributed by atoms with Crippen LogP contribution in [-0.4, -0.2) is 28.1 Å². The number of anilines is 1. The van der Waals surface area contributed by atoms with Crippen molar-refractivity contribution in [3.63, 3.8) is 0 Å². The molecule has 0 aromatic carbocycles. The van der Waals surface area contributed by atoms with Crippen LogP contribution in [0.25, 0.3) is 0 Å². The van der Waals surface area contributed by atoms with Gasteiger partial charge < -0.3 is 10.4 Å². The summed E-state index contributed by atoms with van der Waals surface area (Å²) in [5.41, 5.74) is -0.00986. The fraction of sp³-hybridized carbons (Fsp3) is 0.167. The first-order chi connectivity index (χ1) is 5.24. The van der Waals surface area contributed by atoms with Crippen LogP contribution in [0.15, 0.2) is 12.3 Å². The Labute approximate surface area is 63.1 Å². The number of aromatic carboxylic acids is 1. The number of carbonyl (C=O) groups is 1. The van der Waals surface area contributed by atoms with Crippen LogP contribution in [0.2, 0.25) is 0 Å². The van der Waals surface area contributed by atoms with Gasteiger partial charge in [-0.25, -0.2) is 14.8 Å². The zero-order chi connectivity index (χ0) is 8.27. The molecular formula is C6H7N3O2. The number of carboxylic acid groups (broad SMARTS) is 1.